The van der Waals surface area contributed by atoms with Gasteiger partial charge in [0.25, 0.3) is 0 Å². The van der Waals surface area contributed by atoms with Gasteiger partial charge >= 0.3 is 0 Å². The Morgan fingerprint density at radius 3 is 2.06 bits per heavy atom. The van der Waals surface area contributed by atoms with E-state index in [0.29, 0.717) is 10.8 Å². The minimum atomic E-state index is 0.536. The largest absolute Gasteiger partial charge is 0.0651 e. The highest BCUT2D eigenvalue weighted by Crippen LogP contribution is 2.61. The molecule has 1 aliphatic carbocycles. The average molecular weight is 224 g/mol. The molecule has 3 atom stereocenters. The highest BCUT2D eigenvalue weighted by atomic mass is 14.6. The molecule has 96 valence electrons. The summed E-state index contributed by atoms with van der Waals surface area (Å²) in [5, 5.41) is 0. The first-order chi connectivity index (χ1) is 7.30. The van der Waals surface area contributed by atoms with Gasteiger partial charge in [0.2, 0.25) is 0 Å². The minimum absolute atomic E-state index is 0.536. The SMILES string of the molecule is CCC(C(C)C)C1CCC(C)(C)C1(C)CC. The van der Waals surface area contributed by atoms with Crippen LogP contribution in [-0.2, 0) is 0 Å². The van der Waals surface area contributed by atoms with Crippen LogP contribution in [0.4, 0.5) is 0 Å². The van der Waals surface area contributed by atoms with Crippen molar-refractivity contribution < 1.29 is 0 Å². The third-order valence-electron chi connectivity index (χ3n) is 6.02. The van der Waals surface area contributed by atoms with Crippen molar-refractivity contribution in [2.75, 3.05) is 0 Å². The minimum Gasteiger partial charge on any atom is -0.0651 e. The Kier molecular flexibility index (Phi) is 4.13. The van der Waals surface area contributed by atoms with Gasteiger partial charge in [-0.15, -0.1) is 0 Å². The van der Waals surface area contributed by atoms with Gasteiger partial charge in [-0.25, -0.2) is 0 Å². The van der Waals surface area contributed by atoms with Gasteiger partial charge < -0.3 is 0 Å². The van der Waals surface area contributed by atoms with Crippen LogP contribution in [0, 0.1) is 28.6 Å². The summed E-state index contributed by atoms with van der Waals surface area (Å²) in [5.74, 6) is 2.71. The van der Waals surface area contributed by atoms with Crippen molar-refractivity contribution in [3.05, 3.63) is 0 Å². The van der Waals surface area contributed by atoms with E-state index in [1.165, 1.54) is 25.7 Å². The average Bonchev–Trinajstić information content (AvgIpc) is 2.43. The fraction of sp³-hybridized carbons (Fsp3) is 1.00. The maximum Gasteiger partial charge on any atom is -0.0246 e. The Morgan fingerprint density at radius 2 is 1.69 bits per heavy atom. The summed E-state index contributed by atoms with van der Waals surface area (Å²) in [5.41, 5.74) is 1.09. The molecule has 0 N–H and O–H groups in total. The van der Waals surface area contributed by atoms with Crippen LogP contribution in [-0.4, -0.2) is 0 Å². The van der Waals surface area contributed by atoms with Crippen LogP contribution in [0.25, 0.3) is 0 Å². The van der Waals surface area contributed by atoms with E-state index in [-0.39, 0.29) is 0 Å². The second-order valence-electron chi connectivity index (χ2n) is 7.12. The molecule has 0 aromatic heterocycles. The Labute approximate surface area is 103 Å². The first-order valence-corrected chi connectivity index (χ1v) is 7.30. The Bertz CT molecular complexity index is 226. The molecule has 3 unspecified atom stereocenters. The molecule has 0 amide bonds. The van der Waals surface area contributed by atoms with E-state index in [4.69, 9.17) is 0 Å². The second-order valence-corrected chi connectivity index (χ2v) is 7.12. The van der Waals surface area contributed by atoms with Crippen LogP contribution in [0.2, 0.25) is 0 Å². The third-order valence-corrected chi connectivity index (χ3v) is 6.02. The van der Waals surface area contributed by atoms with Crippen LogP contribution in [0.5, 0.6) is 0 Å². The molecule has 1 rings (SSSR count). The molecule has 16 heavy (non-hydrogen) atoms. The van der Waals surface area contributed by atoms with Gasteiger partial charge in [-0.05, 0) is 47.8 Å². The molecule has 0 aliphatic heterocycles. The fourth-order valence-electron chi connectivity index (χ4n) is 4.27. The van der Waals surface area contributed by atoms with Crippen molar-refractivity contribution >= 4 is 0 Å². The molecule has 1 aliphatic rings. The summed E-state index contributed by atoms with van der Waals surface area (Å²) >= 11 is 0. The van der Waals surface area contributed by atoms with Gasteiger partial charge in [-0.1, -0.05) is 54.9 Å². The van der Waals surface area contributed by atoms with Crippen LogP contribution in [0.15, 0.2) is 0 Å². The molecular weight excluding hydrogens is 192 g/mol. The van der Waals surface area contributed by atoms with E-state index in [9.17, 15) is 0 Å². The lowest BCUT2D eigenvalue weighted by atomic mass is 9.59. The number of hydrogen-bond donors (Lipinski definition) is 0. The molecule has 0 spiro atoms. The first kappa shape index (κ1) is 14.1. The molecule has 0 nitrogen and oxygen atoms in total. The summed E-state index contributed by atoms with van der Waals surface area (Å²) in [7, 11) is 0. The van der Waals surface area contributed by atoms with E-state index in [1.54, 1.807) is 0 Å². The zero-order valence-corrected chi connectivity index (χ0v) is 12.6. The Balaban J connectivity index is 2.98. The zero-order valence-electron chi connectivity index (χ0n) is 12.6. The van der Waals surface area contributed by atoms with Crippen molar-refractivity contribution in [2.45, 2.75) is 74.1 Å². The predicted molar refractivity (Wildman–Crippen MR) is 73.5 cm³/mol. The van der Waals surface area contributed by atoms with E-state index >= 15 is 0 Å². The Morgan fingerprint density at radius 1 is 1.12 bits per heavy atom. The fourth-order valence-corrected chi connectivity index (χ4v) is 4.27. The molecule has 0 heterocycles. The standard InChI is InChI=1S/C16H32/c1-8-13(12(3)4)14-10-11-15(5,6)16(14,7)9-2/h12-14H,8-11H2,1-7H3. The molecule has 0 heteroatoms. The van der Waals surface area contributed by atoms with E-state index < -0.39 is 0 Å². The van der Waals surface area contributed by atoms with Gasteiger partial charge in [0.15, 0.2) is 0 Å². The lowest BCUT2D eigenvalue weighted by molar-refractivity contribution is 0.0326. The molecule has 0 saturated heterocycles. The lowest BCUT2D eigenvalue weighted by Crippen LogP contribution is -2.38. The maximum atomic E-state index is 2.55. The van der Waals surface area contributed by atoms with Gasteiger partial charge in [-0.3, -0.25) is 0 Å². The lowest BCUT2D eigenvalue weighted by Gasteiger charge is -2.45. The van der Waals surface area contributed by atoms with Crippen LogP contribution < -0.4 is 0 Å². The zero-order chi connectivity index (χ0) is 12.6. The van der Waals surface area contributed by atoms with Crippen molar-refractivity contribution in [3.63, 3.8) is 0 Å². The van der Waals surface area contributed by atoms with Gasteiger partial charge in [0.1, 0.15) is 0 Å². The number of rotatable bonds is 4. The second kappa shape index (κ2) is 4.70. The predicted octanol–water partition coefficient (Wildman–Crippen LogP) is 5.52. The monoisotopic (exact) mass is 224 g/mol. The van der Waals surface area contributed by atoms with Crippen molar-refractivity contribution in [3.8, 4) is 0 Å². The van der Waals surface area contributed by atoms with E-state index in [1.807, 2.05) is 0 Å². The summed E-state index contributed by atoms with van der Waals surface area (Å²) in [6.45, 7) is 17.1. The van der Waals surface area contributed by atoms with Crippen molar-refractivity contribution in [2.24, 2.45) is 28.6 Å². The molecular formula is C16H32. The quantitative estimate of drug-likeness (QED) is 0.589. The summed E-state index contributed by atoms with van der Waals surface area (Å²) in [6.07, 6.45) is 5.57. The van der Waals surface area contributed by atoms with Gasteiger partial charge in [0, 0.05) is 0 Å². The molecule has 1 saturated carbocycles. The van der Waals surface area contributed by atoms with Crippen LogP contribution in [0.1, 0.15) is 74.1 Å². The molecule has 0 bridgehead atoms. The van der Waals surface area contributed by atoms with Gasteiger partial charge in [-0.2, -0.15) is 0 Å². The molecule has 0 radical (unpaired) electrons. The summed E-state index contributed by atoms with van der Waals surface area (Å²) in [6, 6.07) is 0. The summed E-state index contributed by atoms with van der Waals surface area (Å²) in [4.78, 5) is 0. The highest BCUT2D eigenvalue weighted by Gasteiger charge is 2.52. The maximum absolute atomic E-state index is 2.55. The number of hydrogen-bond acceptors (Lipinski definition) is 0. The molecule has 0 aromatic carbocycles. The van der Waals surface area contributed by atoms with Crippen LogP contribution >= 0.6 is 0 Å². The smallest absolute Gasteiger partial charge is 0.0246 e. The van der Waals surface area contributed by atoms with Crippen molar-refractivity contribution in [1.82, 2.24) is 0 Å². The normalized spacial score (nSPS) is 35.6. The first-order valence-electron chi connectivity index (χ1n) is 7.30. The van der Waals surface area contributed by atoms with Crippen molar-refractivity contribution in [1.29, 1.82) is 0 Å². The Hall–Kier alpha value is 0. The van der Waals surface area contributed by atoms with E-state index in [0.717, 1.165) is 17.8 Å². The van der Waals surface area contributed by atoms with Gasteiger partial charge in [0.05, 0.1) is 0 Å². The molecule has 0 aromatic rings. The molecule has 1 fully saturated rings. The highest BCUT2D eigenvalue weighted by molar-refractivity contribution is 5.01. The third kappa shape index (κ3) is 2.05. The van der Waals surface area contributed by atoms with E-state index in [2.05, 4.69) is 48.5 Å². The topological polar surface area (TPSA) is 0 Å². The van der Waals surface area contributed by atoms with Crippen LogP contribution in [0.3, 0.4) is 0 Å². The summed E-state index contributed by atoms with van der Waals surface area (Å²) < 4.78 is 0.